The van der Waals surface area contributed by atoms with Crippen molar-refractivity contribution in [3.63, 3.8) is 0 Å². The van der Waals surface area contributed by atoms with Gasteiger partial charge in [-0.2, -0.15) is 0 Å². The summed E-state index contributed by atoms with van der Waals surface area (Å²) in [6.07, 6.45) is 1.57. The van der Waals surface area contributed by atoms with Gasteiger partial charge in [0.1, 0.15) is 11.5 Å². The van der Waals surface area contributed by atoms with Gasteiger partial charge in [0.25, 0.3) is 0 Å². The van der Waals surface area contributed by atoms with Crippen LogP contribution in [0.2, 0.25) is 0 Å². The lowest BCUT2D eigenvalue weighted by Gasteiger charge is -2.23. The van der Waals surface area contributed by atoms with Crippen molar-refractivity contribution < 1.29 is 19.1 Å². The molecule has 4 nitrogen and oxygen atoms in total. The van der Waals surface area contributed by atoms with Crippen LogP contribution >= 0.6 is 0 Å². The first-order valence-corrected chi connectivity index (χ1v) is 6.49. The normalized spacial score (nSPS) is 14.6. The summed E-state index contributed by atoms with van der Waals surface area (Å²) >= 11 is 0. The van der Waals surface area contributed by atoms with Gasteiger partial charge >= 0.3 is 11.9 Å². The highest BCUT2D eigenvalue weighted by Gasteiger charge is 2.29. The first-order chi connectivity index (χ1) is 8.94. The molecule has 4 heteroatoms. The van der Waals surface area contributed by atoms with Crippen LogP contribution in [0, 0.1) is 5.41 Å². The number of ether oxygens (including phenoxy) is 2. The van der Waals surface area contributed by atoms with Crippen molar-refractivity contribution in [2.24, 2.45) is 5.41 Å². The number of carbonyl (C=O) groups excluding carboxylic acids is 2. The van der Waals surface area contributed by atoms with E-state index in [2.05, 4.69) is 0 Å². The Bertz CT molecular complexity index is 517. The van der Waals surface area contributed by atoms with Crippen molar-refractivity contribution in [3.8, 4) is 11.5 Å². The molecule has 1 aromatic rings. The third kappa shape index (κ3) is 2.78. The van der Waals surface area contributed by atoms with Crippen LogP contribution in [0.1, 0.15) is 39.2 Å². The minimum Gasteiger partial charge on any atom is -0.426 e. The third-order valence-corrected chi connectivity index (χ3v) is 3.53. The number of fused-ring (bicyclic) bond motifs is 1. The summed E-state index contributed by atoms with van der Waals surface area (Å²) in [5, 5.41) is 0. The van der Waals surface area contributed by atoms with Gasteiger partial charge in [-0.3, -0.25) is 9.59 Å². The van der Waals surface area contributed by atoms with E-state index in [0.717, 1.165) is 5.56 Å². The minimum atomic E-state index is -0.520. The fourth-order valence-electron chi connectivity index (χ4n) is 1.77. The SMILES string of the molecule is CCC(C)(C)C(=O)Oc1cccc2c1CCC(=O)O2. The van der Waals surface area contributed by atoms with E-state index in [9.17, 15) is 9.59 Å². The van der Waals surface area contributed by atoms with Crippen LogP contribution in [0.3, 0.4) is 0 Å². The van der Waals surface area contributed by atoms with Gasteiger partial charge in [-0.05, 0) is 38.8 Å². The Morgan fingerprint density at radius 1 is 1.37 bits per heavy atom. The van der Waals surface area contributed by atoms with Crippen LogP contribution in [0.4, 0.5) is 0 Å². The number of carbonyl (C=O) groups is 2. The van der Waals surface area contributed by atoms with Gasteiger partial charge in [0.05, 0.1) is 11.8 Å². The maximum Gasteiger partial charge on any atom is 0.316 e. The van der Waals surface area contributed by atoms with E-state index in [0.29, 0.717) is 30.8 Å². The van der Waals surface area contributed by atoms with Crippen molar-refractivity contribution in [1.29, 1.82) is 0 Å². The Balaban J connectivity index is 2.25. The van der Waals surface area contributed by atoms with E-state index >= 15 is 0 Å². The average Bonchev–Trinajstić information content (AvgIpc) is 2.38. The van der Waals surface area contributed by atoms with Crippen molar-refractivity contribution in [1.82, 2.24) is 0 Å². The van der Waals surface area contributed by atoms with Crippen LogP contribution in [-0.4, -0.2) is 11.9 Å². The first kappa shape index (κ1) is 13.6. The lowest BCUT2D eigenvalue weighted by molar-refractivity contribution is -0.144. The monoisotopic (exact) mass is 262 g/mol. The Morgan fingerprint density at radius 3 is 2.79 bits per heavy atom. The van der Waals surface area contributed by atoms with Gasteiger partial charge in [-0.25, -0.2) is 0 Å². The van der Waals surface area contributed by atoms with E-state index in [1.54, 1.807) is 18.2 Å². The van der Waals surface area contributed by atoms with Gasteiger partial charge < -0.3 is 9.47 Å². The summed E-state index contributed by atoms with van der Waals surface area (Å²) in [5.41, 5.74) is 0.274. The Labute approximate surface area is 112 Å². The smallest absolute Gasteiger partial charge is 0.316 e. The highest BCUT2D eigenvalue weighted by Crippen LogP contribution is 2.34. The maximum absolute atomic E-state index is 12.1. The van der Waals surface area contributed by atoms with Crippen LogP contribution in [0.25, 0.3) is 0 Å². The Hall–Kier alpha value is -1.84. The molecule has 0 saturated heterocycles. The average molecular weight is 262 g/mol. The van der Waals surface area contributed by atoms with Crippen molar-refractivity contribution in [2.45, 2.75) is 40.0 Å². The highest BCUT2D eigenvalue weighted by atomic mass is 16.5. The maximum atomic E-state index is 12.1. The molecule has 0 amide bonds. The quantitative estimate of drug-likeness (QED) is 0.621. The zero-order valence-corrected chi connectivity index (χ0v) is 11.5. The van der Waals surface area contributed by atoms with Crippen LogP contribution < -0.4 is 9.47 Å². The number of hydrogen-bond acceptors (Lipinski definition) is 4. The molecule has 0 bridgehead atoms. The molecule has 2 rings (SSSR count). The molecule has 0 atom stereocenters. The van der Waals surface area contributed by atoms with E-state index in [1.165, 1.54) is 0 Å². The predicted octanol–water partition coefficient (Wildman–Crippen LogP) is 2.88. The van der Waals surface area contributed by atoms with Gasteiger partial charge in [-0.15, -0.1) is 0 Å². The highest BCUT2D eigenvalue weighted by molar-refractivity contribution is 5.80. The van der Waals surface area contributed by atoms with Gasteiger partial charge in [0.2, 0.25) is 0 Å². The number of benzene rings is 1. The first-order valence-electron chi connectivity index (χ1n) is 6.49. The van der Waals surface area contributed by atoms with Crippen molar-refractivity contribution in [3.05, 3.63) is 23.8 Å². The fourth-order valence-corrected chi connectivity index (χ4v) is 1.77. The van der Waals surface area contributed by atoms with E-state index in [1.807, 2.05) is 20.8 Å². The lowest BCUT2D eigenvalue weighted by Crippen LogP contribution is -2.29. The molecule has 1 aliphatic heterocycles. The molecular formula is C15H18O4. The zero-order valence-electron chi connectivity index (χ0n) is 11.5. The molecule has 0 aromatic heterocycles. The zero-order chi connectivity index (χ0) is 14.0. The summed E-state index contributed by atoms with van der Waals surface area (Å²) in [7, 11) is 0. The summed E-state index contributed by atoms with van der Waals surface area (Å²) in [4.78, 5) is 23.3. The third-order valence-electron chi connectivity index (χ3n) is 3.53. The second-order valence-corrected chi connectivity index (χ2v) is 5.33. The Morgan fingerprint density at radius 2 is 2.11 bits per heavy atom. The molecule has 1 heterocycles. The van der Waals surface area contributed by atoms with Crippen LogP contribution in [0.5, 0.6) is 11.5 Å². The summed E-state index contributed by atoms with van der Waals surface area (Å²) in [6.45, 7) is 5.65. The van der Waals surface area contributed by atoms with Crippen molar-refractivity contribution >= 4 is 11.9 Å². The van der Waals surface area contributed by atoms with Crippen molar-refractivity contribution in [2.75, 3.05) is 0 Å². The van der Waals surface area contributed by atoms with Crippen LogP contribution in [-0.2, 0) is 16.0 Å². The molecule has 1 aromatic carbocycles. The molecule has 0 unspecified atom stereocenters. The largest absolute Gasteiger partial charge is 0.426 e. The molecule has 0 radical (unpaired) electrons. The molecule has 19 heavy (non-hydrogen) atoms. The number of hydrogen-bond donors (Lipinski definition) is 0. The van der Waals surface area contributed by atoms with Gasteiger partial charge in [0.15, 0.2) is 0 Å². The standard InChI is InChI=1S/C15H18O4/c1-4-15(2,3)14(17)19-12-7-5-6-11-10(12)8-9-13(16)18-11/h5-7H,4,8-9H2,1-3H3. The molecule has 0 saturated carbocycles. The summed E-state index contributed by atoms with van der Waals surface area (Å²) < 4.78 is 10.6. The summed E-state index contributed by atoms with van der Waals surface area (Å²) in [6, 6.07) is 5.18. The molecule has 0 aliphatic carbocycles. The molecule has 0 fully saturated rings. The van der Waals surface area contributed by atoms with E-state index in [4.69, 9.17) is 9.47 Å². The molecule has 102 valence electrons. The fraction of sp³-hybridized carbons (Fsp3) is 0.467. The minimum absolute atomic E-state index is 0.245. The molecule has 0 N–H and O–H groups in total. The molecular weight excluding hydrogens is 244 g/mol. The lowest BCUT2D eigenvalue weighted by atomic mass is 9.90. The molecule has 0 spiro atoms. The topological polar surface area (TPSA) is 52.6 Å². The Kier molecular flexibility index (Phi) is 3.60. The van der Waals surface area contributed by atoms with Gasteiger partial charge in [-0.1, -0.05) is 13.0 Å². The predicted molar refractivity (Wildman–Crippen MR) is 70.1 cm³/mol. The van der Waals surface area contributed by atoms with Gasteiger partial charge in [0, 0.05) is 5.56 Å². The number of esters is 2. The van der Waals surface area contributed by atoms with E-state index in [-0.39, 0.29) is 11.9 Å². The second kappa shape index (κ2) is 5.03. The second-order valence-electron chi connectivity index (χ2n) is 5.33. The van der Waals surface area contributed by atoms with E-state index < -0.39 is 5.41 Å². The number of rotatable bonds is 3. The summed E-state index contributed by atoms with van der Waals surface area (Å²) in [5.74, 6) is 0.484. The van der Waals surface area contributed by atoms with Crippen LogP contribution in [0.15, 0.2) is 18.2 Å². The molecule has 1 aliphatic rings.